The summed E-state index contributed by atoms with van der Waals surface area (Å²) in [6.07, 6.45) is 11.3. The molecule has 6 N–H and O–H groups in total. The van der Waals surface area contributed by atoms with Crippen LogP contribution in [0.1, 0.15) is 99.6 Å². The molecule has 0 bridgehead atoms. The maximum Gasteiger partial charge on any atom is 0.246 e. The maximum atomic E-state index is 15.1. The lowest BCUT2D eigenvalue weighted by Crippen LogP contribution is -2.59. The van der Waals surface area contributed by atoms with Crippen molar-refractivity contribution in [3.63, 3.8) is 0 Å². The molecule has 18 heteroatoms. The largest absolute Gasteiger partial charge is 0.363 e. The van der Waals surface area contributed by atoms with Crippen LogP contribution in [0.2, 0.25) is 0 Å². The second-order valence-electron chi connectivity index (χ2n) is 21.9. The lowest BCUT2D eigenvalue weighted by atomic mass is 9.74. The van der Waals surface area contributed by atoms with Crippen molar-refractivity contribution in [2.45, 2.75) is 149 Å². The number of nitrogens with one attached hydrogen (secondary N) is 6. The van der Waals surface area contributed by atoms with Crippen molar-refractivity contribution in [1.82, 2.24) is 41.7 Å². The molecule has 2 aliphatic carbocycles. The van der Waals surface area contributed by atoms with Gasteiger partial charge in [-0.1, -0.05) is 84.7 Å². The van der Waals surface area contributed by atoms with E-state index < -0.39 is 71.4 Å². The molecule has 6 aliphatic rings. The Hall–Kier alpha value is -6.12. The lowest BCUT2D eigenvalue weighted by molar-refractivity contribution is -0.144. The molecule has 4 aliphatic heterocycles. The Labute approximate surface area is 480 Å². The van der Waals surface area contributed by atoms with Crippen LogP contribution in [0.15, 0.2) is 99.2 Å². The van der Waals surface area contributed by atoms with Gasteiger partial charge in [0, 0.05) is 23.7 Å². The van der Waals surface area contributed by atoms with Gasteiger partial charge in [0.05, 0.1) is 47.1 Å². The third kappa shape index (κ3) is 12.7. The first-order valence-electron chi connectivity index (χ1n) is 27.9. The fourth-order valence-corrected chi connectivity index (χ4v) is 15.8. The lowest BCUT2D eigenvalue weighted by Gasteiger charge is -2.38. The van der Waals surface area contributed by atoms with Gasteiger partial charge in [0.15, 0.2) is 0 Å². The number of fused-ring (bicyclic) bond motifs is 4. The summed E-state index contributed by atoms with van der Waals surface area (Å²) in [4.78, 5) is 88.8. The van der Waals surface area contributed by atoms with Gasteiger partial charge in [-0.15, -0.1) is 49.8 Å². The average Bonchev–Trinajstić information content (AvgIpc) is 4.19. The van der Waals surface area contributed by atoms with Crippen LogP contribution in [0.3, 0.4) is 0 Å². The van der Waals surface area contributed by atoms with E-state index >= 15 is 9.59 Å². The van der Waals surface area contributed by atoms with Crippen LogP contribution in [0.25, 0.3) is 0 Å². The minimum atomic E-state index is -0.867. The number of hydrogen-bond donors (Lipinski definition) is 6. The number of ether oxygens (including phenoxy) is 2. The molecule has 0 radical (unpaired) electrons. The van der Waals surface area contributed by atoms with Gasteiger partial charge < -0.3 is 51.2 Å². The molecule has 0 spiro atoms. The smallest absolute Gasteiger partial charge is 0.246 e. The summed E-state index contributed by atoms with van der Waals surface area (Å²) >= 11 is 3.28. The fraction of sp³-hybridized carbons (Fsp3) is 0.516. The Bertz CT molecular complexity index is 2610. The first kappa shape index (κ1) is 60.0. The Morgan fingerprint density at radius 2 is 1.00 bits per heavy atom. The van der Waals surface area contributed by atoms with E-state index in [4.69, 9.17) is 9.47 Å². The van der Waals surface area contributed by atoms with E-state index in [1.54, 1.807) is 61.3 Å². The SMILES string of the molecule is C=CCC1(CC=C)C[C@@H]2SCC[C@H](NC(=O)[C@H](C)NC)C(=O)N2[C@@H]1C(=O)N[C@H]1c2ccccc2C[C@H]1OCC#CC#CCO[C@@H]1Cc2ccccc2[C@@H]1NC(=O)[C@H]1N2C(=O)[C@@H](NC(=O)[C@H](C)NC)CCS[C@H]2CC1(CC=C)CC=C. The number of carbonyl (C=O) groups excluding carboxylic acids is 6. The minimum Gasteiger partial charge on any atom is -0.363 e. The van der Waals surface area contributed by atoms with Crippen LogP contribution in [-0.2, 0) is 51.1 Å². The number of amides is 6. The van der Waals surface area contributed by atoms with Crippen molar-refractivity contribution < 1.29 is 38.2 Å². The fourth-order valence-electron chi connectivity index (χ4n) is 12.8. The Balaban J connectivity index is 0.941. The van der Waals surface area contributed by atoms with Gasteiger partial charge in [-0.3, -0.25) is 28.8 Å². The molecule has 2 aromatic carbocycles. The zero-order valence-electron chi connectivity index (χ0n) is 46.6. The van der Waals surface area contributed by atoms with E-state index in [9.17, 15) is 19.2 Å². The van der Waals surface area contributed by atoms with Gasteiger partial charge in [0.1, 0.15) is 37.4 Å². The Kier molecular flexibility index (Phi) is 20.3. The van der Waals surface area contributed by atoms with Crippen LogP contribution < -0.4 is 31.9 Å². The van der Waals surface area contributed by atoms with E-state index in [2.05, 4.69) is 81.9 Å². The van der Waals surface area contributed by atoms with E-state index in [0.717, 1.165) is 22.3 Å². The summed E-state index contributed by atoms with van der Waals surface area (Å²) in [5.74, 6) is 11.4. The molecule has 80 heavy (non-hydrogen) atoms. The van der Waals surface area contributed by atoms with Gasteiger partial charge >= 0.3 is 0 Å². The molecular formula is C62H78N8O8S2. The van der Waals surface area contributed by atoms with Crippen molar-refractivity contribution in [2.75, 3.05) is 38.8 Å². The summed E-state index contributed by atoms with van der Waals surface area (Å²) in [5.41, 5.74) is 2.60. The van der Waals surface area contributed by atoms with Crippen LogP contribution in [0, 0.1) is 34.5 Å². The predicted octanol–water partition coefficient (Wildman–Crippen LogP) is 5.18. The number of likely N-dealkylation sites (N-methyl/N-ethyl adjacent to an activating group) is 2. The number of thioether (sulfide) groups is 2. The van der Waals surface area contributed by atoms with Crippen molar-refractivity contribution in [1.29, 1.82) is 0 Å². The molecule has 4 saturated heterocycles. The molecule has 426 valence electrons. The minimum absolute atomic E-state index is 0.0318. The van der Waals surface area contributed by atoms with E-state index in [-0.39, 0.29) is 59.4 Å². The molecule has 4 fully saturated rings. The summed E-state index contributed by atoms with van der Waals surface area (Å²) in [5, 5.41) is 17.9. The predicted molar refractivity (Wildman–Crippen MR) is 314 cm³/mol. The second kappa shape index (κ2) is 27.1. The molecule has 0 saturated carbocycles. The quantitative estimate of drug-likeness (QED) is 0.0669. The number of carbonyl (C=O) groups is 6. The van der Waals surface area contributed by atoms with Crippen LogP contribution >= 0.6 is 23.5 Å². The van der Waals surface area contributed by atoms with Crippen LogP contribution in [0.5, 0.6) is 0 Å². The second-order valence-corrected chi connectivity index (χ2v) is 24.4. The van der Waals surface area contributed by atoms with Gasteiger partial charge in [0.2, 0.25) is 35.4 Å². The summed E-state index contributed by atoms with van der Waals surface area (Å²) in [7, 11) is 3.38. The molecule has 4 heterocycles. The number of hydrogen-bond acceptors (Lipinski definition) is 12. The van der Waals surface area contributed by atoms with Crippen LogP contribution in [-0.4, -0.2) is 143 Å². The number of benzene rings is 2. The maximum absolute atomic E-state index is 15.1. The number of allylic oxidation sites excluding steroid dienone is 4. The summed E-state index contributed by atoms with van der Waals surface area (Å²) in [6.45, 7) is 19.8. The topological polar surface area (TPSA) is 200 Å². The van der Waals surface area contributed by atoms with Crippen molar-refractivity contribution in [2.24, 2.45) is 10.8 Å². The van der Waals surface area contributed by atoms with Gasteiger partial charge in [-0.05, 0) is 125 Å². The molecule has 6 amide bonds. The molecular weight excluding hydrogens is 1050 g/mol. The first-order valence-corrected chi connectivity index (χ1v) is 30.0. The molecule has 12 atom stereocenters. The van der Waals surface area contributed by atoms with Crippen LogP contribution in [0.4, 0.5) is 0 Å². The van der Waals surface area contributed by atoms with Gasteiger partial charge in [0.25, 0.3) is 0 Å². The highest BCUT2D eigenvalue weighted by atomic mass is 32.2. The van der Waals surface area contributed by atoms with E-state index in [1.165, 1.54) is 0 Å². The summed E-state index contributed by atoms with van der Waals surface area (Å²) in [6, 6.07) is 10.4. The number of rotatable bonds is 22. The summed E-state index contributed by atoms with van der Waals surface area (Å²) < 4.78 is 12.9. The molecule has 2 aromatic rings. The molecule has 0 aromatic heterocycles. The third-order valence-corrected chi connectivity index (χ3v) is 19.5. The third-order valence-electron chi connectivity index (χ3n) is 17.0. The van der Waals surface area contributed by atoms with Crippen molar-refractivity contribution in [3.05, 3.63) is 121 Å². The van der Waals surface area contributed by atoms with Gasteiger partial charge in [-0.2, -0.15) is 0 Å². The van der Waals surface area contributed by atoms with E-state index in [0.29, 0.717) is 75.7 Å². The monoisotopic (exact) mass is 1130 g/mol. The highest BCUT2D eigenvalue weighted by molar-refractivity contribution is 8.00. The van der Waals surface area contributed by atoms with E-state index in [1.807, 2.05) is 72.8 Å². The first-order chi connectivity index (χ1) is 38.7. The normalized spacial score (nSPS) is 27.6. The zero-order chi connectivity index (χ0) is 57.1. The highest BCUT2D eigenvalue weighted by Gasteiger charge is 2.60. The Morgan fingerprint density at radius 1 is 0.625 bits per heavy atom. The highest BCUT2D eigenvalue weighted by Crippen LogP contribution is 2.53. The average molecular weight is 1130 g/mol. The molecule has 8 rings (SSSR count). The zero-order valence-corrected chi connectivity index (χ0v) is 48.2. The van der Waals surface area contributed by atoms with Crippen molar-refractivity contribution >= 4 is 59.0 Å². The van der Waals surface area contributed by atoms with Crippen molar-refractivity contribution in [3.8, 4) is 23.7 Å². The molecule has 16 nitrogen and oxygen atoms in total. The standard InChI is InChI=1S/C62H78N8O8S2/c1-9-27-61(28-10-2)37-49-69(59(75)45(25-33-79-49)65-55(71)39(5)63-7)53(61)57(73)67-51-43-23-17-15-21-41(43)35-47(51)77-31-19-13-14-20-32-78-48-36-42-22-16-18-24-44(42)52(48)68-58(74)54-62(29-11-3,30-12-4)38-50-70(54)60(76)46(26-34-80-50)66-56(72)40(6)64-8/h9-12,15-18,21-24,39-40,45-54,63-64H,1-4,25-38H2,5-8H3,(H,65,71)(H,66,72)(H,67,73)(H,68,74)/t39-,40-,45-,46-,47+,48+,49-,50-,51-,52-,53+,54+/m0/s1. The Morgan fingerprint density at radius 3 is 1.36 bits per heavy atom. The van der Waals surface area contributed by atoms with Gasteiger partial charge in [-0.25, -0.2) is 0 Å². The number of nitrogens with zero attached hydrogens (tertiary/aromatic N) is 2. The molecule has 0 unspecified atom stereocenters.